The lowest BCUT2D eigenvalue weighted by Crippen LogP contribution is -1.99. The fraction of sp³-hybridized carbons (Fsp3) is 0.267. The van der Waals surface area contributed by atoms with Gasteiger partial charge in [-0.1, -0.05) is 18.5 Å². The van der Waals surface area contributed by atoms with Crippen LogP contribution < -0.4 is 0 Å². The van der Waals surface area contributed by atoms with E-state index in [1.165, 1.54) is 0 Å². The molecule has 2 nitrogen and oxygen atoms in total. The van der Waals surface area contributed by atoms with E-state index in [2.05, 4.69) is 11.5 Å². The van der Waals surface area contributed by atoms with Crippen LogP contribution in [0.2, 0.25) is 5.02 Å². The molecule has 1 aromatic heterocycles. The molecule has 3 heteroatoms. The number of aldehydes is 1. The standard InChI is InChI=1S/C15H16ClNO/c1-4-14-10(2)17(11(3)15(14)9-18)13-7-5-12(16)6-8-13/h5-9H,4H2,1-3H3. The first-order valence-corrected chi connectivity index (χ1v) is 6.39. The van der Waals surface area contributed by atoms with Gasteiger partial charge < -0.3 is 4.57 Å². The molecule has 0 saturated heterocycles. The summed E-state index contributed by atoms with van der Waals surface area (Å²) in [6, 6.07) is 7.66. The molecular weight excluding hydrogens is 246 g/mol. The van der Waals surface area contributed by atoms with Crippen molar-refractivity contribution >= 4 is 17.9 Å². The molecule has 0 amide bonds. The minimum absolute atomic E-state index is 0.715. The summed E-state index contributed by atoms with van der Waals surface area (Å²) in [5.74, 6) is 0. The maximum atomic E-state index is 11.2. The Hall–Kier alpha value is -1.54. The second-order valence-corrected chi connectivity index (χ2v) is 4.78. The summed E-state index contributed by atoms with van der Waals surface area (Å²) in [6.07, 6.45) is 1.81. The molecule has 0 saturated carbocycles. The molecule has 18 heavy (non-hydrogen) atoms. The predicted octanol–water partition coefficient (Wildman–Crippen LogP) is 4.12. The first kappa shape index (κ1) is 12.9. The summed E-state index contributed by atoms with van der Waals surface area (Å²) in [7, 11) is 0. The molecule has 0 fully saturated rings. The van der Waals surface area contributed by atoms with Crippen LogP contribution in [-0.2, 0) is 6.42 Å². The highest BCUT2D eigenvalue weighted by atomic mass is 35.5. The summed E-state index contributed by atoms with van der Waals surface area (Å²) in [6.45, 7) is 6.10. The summed E-state index contributed by atoms with van der Waals surface area (Å²) < 4.78 is 2.11. The van der Waals surface area contributed by atoms with Crippen molar-refractivity contribution in [2.75, 3.05) is 0 Å². The van der Waals surface area contributed by atoms with E-state index in [9.17, 15) is 4.79 Å². The van der Waals surface area contributed by atoms with Crippen molar-refractivity contribution in [1.82, 2.24) is 4.57 Å². The SMILES string of the molecule is CCc1c(C=O)c(C)n(-c2ccc(Cl)cc2)c1C. The van der Waals surface area contributed by atoms with Crippen LogP contribution in [0.1, 0.15) is 34.2 Å². The van der Waals surface area contributed by atoms with E-state index in [0.29, 0.717) is 5.02 Å². The van der Waals surface area contributed by atoms with Crippen LogP contribution in [-0.4, -0.2) is 10.9 Å². The Morgan fingerprint density at radius 3 is 2.22 bits per heavy atom. The van der Waals surface area contributed by atoms with Gasteiger partial charge in [0.15, 0.2) is 6.29 Å². The van der Waals surface area contributed by atoms with Gasteiger partial charge in [-0.2, -0.15) is 0 Å². The summed E-state index contributed by atoms with van der Waals surface area (Å²) in [5.41, 5.74) is 5.08. The lowest BCUT2D eigenvalue weighted by molar-refractivity contribution is 0.112. The molecule has 2 rings (SSSR count). The van der Waals surface area contributed by atoms with Gasteiger partial charge in [-0.25, -0.2) is 0 Å². The fourth-order valence-corrected chi connectivity index (χ4v) is 2.63. The third-order valence-corrected chi connectivity index (χ3v) is 3.63. The number of nitrogens with zero attached hydrogens (tertiary/aromatic N) is 1. The Morgan fingerprint density at radius 2 is 1.78 bits per heavy atom. The Kier molecular flexibility index (Phi) is 3.58. The summed E-state index contributed by atoms with van der Waals surface area (Å²) in [4.78, 5) is 11.2. The summed E-state index contributed by atoms with van der Waals surface area (Å²) in [5, 5.41) is 0.715. The second-order valence-electron chi connectivity index (χ2n) is 4.35. The Morgan fingerprint density at radius 1 is 1.17 bits per heavy atom. The van der Waals surface area contributed by atoms with Crippen molar-refractivity contribution in [3.63, 3.8) is 0 Å². The van der Waals surface area contributed by atoms with Crippen molar-refractivity contribution < 1.29 is 4.79 Å². The number of benzene rings is 1. The first-order valence-electron chi connectivity index (χ1n) is 6.02. The minimum Gasteiger partial charge on any atom is -0.317 e. The monoisotopic (exact) mass is 261 g/mol. The molecular formula is C15H16ClNO. The third-order valence-electron chi connectivity index (χ3n) is 3.38. The van der Waals surface area contributed by atoms with Crippen LogP contribution in [0.25, 0.3) is 5.69 Å². The number of aromatic nitrogens is 1. The van der Waals surface area contributed by atoms with Crippen molar-refractivity contribution in [2.24, 2.45) is 0 Å². The second kappa shape index (κ2) is 4.99. The molecule has 0 radical (unpaired) electrons. The molecule has 94 valence electrons. The number of carbonyl (C=O) groups excluding carboxylic acids is 1. The summed E-state index contributed by atoms with van der Waals surface area (Å²) >= 11 is 5.90. The molecule has 0 atom stereocenters. The van der Waals surface area contributed by atoms with Crippen molar-refractivity contribution in [2.45, 2.75) is 27.2 Å². The lowest BCUT2D eigenvalue weighted by Gasteiger charge is -2.09. The van der Waals surface area contributed by atoms with E-state index < -0.39 is 0 Å². The lowest BCUT2D eigenvalue weighted by atomic mass is 10.1. The van der Waals surface area contributed by atoms with Gasteiger partial charge in [0, 0.05) is 27.7 Å². The first-order chi connectivity index (χ1) is 8.60. The molecule has 0 unspecified atom stereocenters. The van der Waals surface area contributed by atoms with Gasteiger partial charge in [-0.05, 0) is 50.1 Å². The highest BCUT2D eigenvalue weighted by molar-refractivity contribution is 6.30. The normalized spacial score (nSPS) is 10.7. The smallest absolute Gasteiger partial charge is 0.152 e. The van der Waals surface area contributed by atoms with E-state index in [-0.39, 0.29) is 0 Å². The average molecular weight is 262 g/mol. The number of carbonyl (C=O) groups is 1. The van der Waals surface area contributed by atoms with Gasteiger partial charge in [-0.3, -0.25) is 4.79 Å². The van der Waals surface area contributed by atoms with Crippen LogP contribution in [0.5, 0.6) is 0 Å². The zero-order valence-corrected chi connectivity index (χ0v) is 11.6. The predicted molar refractivity (Wildman–Crippen MR) is 75.0 cm³/mol. The van der Waals surface area contributed by atoms with Gasteiger partial charge in [0.05, 0.1) is 0 Å². The maximum Gasteiger partial charge on any atom is 0.152 e. The molecule has 0 N–H and O–H groups in total. The van der Waals surface area contributed by atoms with Crippen molar-refractivity contribution in [3.8, 4) is 5.69 Å². The zero-order valence-electron chi connectivity index (χ0n) is 10.8. The fourth-order valence-electron chi connectivity index (χ4n) is 2.50. The van der Waals surface area contributed by atoms with Gasteiger partial charge in [0.2, 0.25) is 0 Å². The molecule has 0 aliphatic rings. The van der Waals surface area contributed by atoms with E-state index in [1.54, 1.807) is 0 Å². The number of hydrogen-bond donors (Lipinski definition) is 0. The van der Waals surface area contributed by atoms with Gasteiger partial charge in [0.25, 0.3) is 0 Å². The van der Waals surface area contributed by atoms with Crippen molar-refractivity contribution in [3.05, 3.63) is 51.8 Å². The molecule has 0 aliphatic carbocycles. The van der Waals surface area contributed by atoms with Crippen LogP contribution in [0.3, 0.4) is 0 Å². The zero-order chi connectivity index (χ0) is 13.3. The van der Waals surface area contributed by atoms with Crippen molar-refractivity contribution in [1.29, 1.82) is 0 Å². The van der Waals surface area contributed by atoms with E-state index in [1.807, 2.05) is 38.1 Å². The molecule has 0 spiro atoms. The Bertz CT molecular complexity index is 582. The van der Waals surface area contributed by atoms with Gasteiger partial charge >= 0.3 is 0 Å². The quantitative estimate of drug-likeness (QED) is 0.762. The van der Waals surface area contributed by atoms with Crippen LogP contribution in [0.15, 0.2) is 24.3 Å². The number of halogens is 1. The highest BCUT2D eigenvalue weighted by Crippen LogP contribution is 2.26. The average Bonchev–Trinajstić information content (AvgIpc) is 2.61. The van der Waals surface area contributed by atoms with Gasteiger partial charge in [0.1, 0.15) is 0 Å². The minimum atomic E-state index is 0.715. The number of hydrogen-bond acceptors (Lipinski definition) is 1. The van der Waals surface area contributed by atoms with E-state index in [4.69, 9.17) is 11.6 Å². The molecule has 2 aromatic rings. The number of rotatable bonds is 3. The van der Waals surface area contributed by atoms with Crippen LogP contribution in [0, 0.1) is 13.8 Å². The highest BCUT2D eigenvalue weighted by Gasteiger charge is 2.16. The maximum absolute atomic E-state index is 11.2. The third kappa shape index (κ3) is 1.97. The topological polar surface area (TPSA) is 22.0 Å². The Labute approximate surface area is 112 Å². The molecule has 0 aliphatic heterocycles. The molecule has 1 heterocycles. The van der Waals surface area contributed by atoms with Crippen LogP contribution in [0.4, 0.5) is 0 Å². The van der Waals surface area contributed by atoms with E-state index in [0.717, 1.165) is 40.9 Å². The molecule has 0 bridgehead atoms. The van der Waals surface area contributed by atoms with E-state index >= 15 is 0 Å². The van der Waals surface area contributed by atoms with Gasteiger partial charge in [-0.15, -0.1) is 0 Å². The Balaban J connectivity index is 2.68. The largest absolute Gasteiger partial charge is 0.317 e. The molecule has 1 aromatic carbocycles. The van der Waals surface area contributed by atoms with Crippen LogP contribution >= 0.6 is 11.6 Å².